The number of rotatable bonds is 3. The first-order valence-electron chi connectivity index (χ1n) is 6.31. The van der Waals surface area contributed by atoms with Crippen molar-refractivity contribution in [1.29, 1.82) is 0 Å². The number of nitrogens with two attached hydrogens (primary N) is 1. The molecule has 0 amide bonds. The van der Waals surface area contributed by atoms with Gasteiger partial charge in [-0.15, -0.1) is 0 Å². The van der Waals surface area contributed by atoms with E-state index in [0.29, 0.717) is 18.7 Å². The largest absolute Gasteiger partial charge is 0.398 e. The fourth-order valence-electron chi connectivity index (χ4n) is 2.50. The highest BCUT2D eigenvalue weighted by Gasteiger charge is 2.43. The van der Waals surface area contributed by atoms with E-state index in [0.717, 1.165) is 14.5 Å². The molecule has 2 atom stereocenters. The van der Waals surface area contributed by atoms with E-state index >= 15 is 0 Å². The van der Waals surface area contributed by atoms with Gasteiger partial charge in [-0.3, -0.25) is 0 Å². The molecule has 0 radical (unpaired) electrons. The summed E-state index contributed by atoms with van der Waals surface area (Å²) in [6.45, 7) is 0.471. The third kappa shape index (κ3) is 3.89. The molecule has 20 heavy (non-hydrogen) atoms. The molecule has 1 fully saturated rings. The maximum absolute atomic E-state index is 12.6. The molecule has 1 aromatic rings. The molecule has 0 bridgehead atoms. The minimum Gasteiger partial charge on any atom is -0.398 e. The topological polar surface area (TPSA) is 38.0 Å². The van der Waals surface area contributed by atoms with Gasteiger partial charge < -0.3 is 11.1 Å². The molecule has 0 spiro atoms. The van der Waals surface area contributed by atoms with Gasteiger partial charge in [0.1, 0.15) is 0 Å². The number of anilines is 1. The second kappa shape index (κ2) is 6.23. The molecule has 1 saturated carbocycles. The SMILES string of the molecule is Nc1c(Br)cc(Br)cc1CN[C@@H]1CC[C@H](C(F)(F)F)C1. The first-order valence-corrected chi connectivity index (χ1v) is 7.89. The van der Waals surface area contributed by atoms with Crippen LogP contribution in [0.1, 0.15) is 24.8 Å². The van der Waals surface area contributed by atoms with Crippen LogP contribution in [0.4, 0.5) is 18.9 Å². The Morgan fingerprint density at radius 2 is 1.95 bits per heavy atom. The Hall–Kier alpha value is -0.270. The summed E-state index contributed by atoms with van der Waals surface area (Å²) >= 11 is 6.73. The lowest BCUT2D eigenvalue weighted by Gasteiger charge is -2.16. The molecule has 1 aliphatic carbocycles. The maximum atomic E-state index is 12.6. The third-order valence-electron chi connectivity index (χ3n) is 3.66. The van der Waals surface area contributed by atoms with E-state index in [-0.39, 0.29) is 18.9 Å². The van der Waals surface area contributed by atoms with Crippen LogP contribution in [0, 0.1) is 5.92 Å². The molecule has 0 heterocycles. The monoisotopic (exact) mass is 414 g/mol. The number of nitrogen functional groups attached to an aromatic ring is 1. The quantitative estimate of drug-likeness (QED) is 0.707. The summed E-state index contributed by atoms with van der Waals surface area (Å²) in [6.07, 6.45) is -3.16. The van der Waals surface area contributed by atoms with Gasteiger partial charge in [-0.2, -0.15) is 13.2 Å². The summed E-state index contributed by atoms with van der Waals surface area (Å²) < 4.78 is 39.5. The van der Waals surface area contributed by atoms with E-state index in [1.807, 2.05) is 12.1 Å². The van der Waals surface area contributed by atoms with E-state index in [2.05, 4.69) is 37.2 Å². The van der Waals surface area contributed by atoms with Gasteiger partial charge in [0, 0.05) is 21.5 Å². The van der Waals surface area contributed by atoms with E-state index in [1.54, 1.807) is 0 Å². The molecule has 3 N–H and O–H groups in total. The van der Waals surface area contributed by atoms with Gasteiger partial charge in [0.25, 0.3) is 0 Å². The Bertz CT molecular complexity index is 491. The molecule has 1 aliphatic rings. The van der Waals surface area contributed by atoms with Crippen LogP contribution in [0.3, 0.4) is 0 Å². The first-order chi connectivity index (χ1) is 9.27. The predicted octanol–water partition coefficient (Wildman–Crippen LogP) is 4.61. The number of benzene rings is 1. The molecule has 0 unspecified atom stereocenters. The lowest BCUT2D eigenvalue weighted by molar-refractivity contribution is -0.172. The number of hydrogen-bond acceptors (Lipinski definition) is 2. The molecule has 112 valence electrons. The fraction of sp³-hybridized carbons (Fsp3) is 0.538. The Morgan fingerprint density at radius 1 is 1.25 bits per heavy atom. The van der Waals surface area contributed by atoms with Crippen molar-refractivity contribution in [3.63, 3.8) is 0 Å². The standard InChI is InChI=1S/C13H15Br2F3N2/c14-9-3-7(12(19)11(15)5-9)6-20-10-2-1-8(4-10)13(16,17)18/h3,5,8,10,20H,1-2,4,6,19H2/t8-,10+/m0/s1. The first kappa shape index (κ1) is 16.1. The van der Waals surface area contributed by atoms with E-state index < -0.39 is 12.1 Å². The fourth-order valence-corrected chi connectivity index (χ4v) is 3.82. The normalized spacial score (nSPS) is 23.2. The van der Waals surface area contributed by atoms with Crippen molar-refractivity contribution in [3.8, 4) is 0 Å². The molecule has 1 aromatic carbocycles. The Labute approximate surface area is 132 Å². The molecular formula is C13H15Br2F3N2. The van der Waals surface area contributed by atoms with Crippen molar-refractivity contribution >= 4 is 37.5 Å². The van der Waals surface area contributed by atoms with Gasteiger partial charge in [0.2, 0.25) is 0 Å². The molecule has 0 aliphatic heterocycles. The number of halogens is 5. The summed E-state index contributed by atoms with van der Waals surface area (Å²) in [5, 5.41) is 3.17. The minimum atomic E-state index is -4.08. The van der Waals surface area contributed by atoms with Gasteiger partial charge in [0.05, 0.1) is 11.6 Å². The zero-order chi connectivity index (χ0) is 14.9. The smallest absolute Gasteiger partial charge is 0.391 e. The lowest BCUT2D eigenvalue weighted by Crippen LogP contribution is -2.28. The van der Waals surface area contributed by atoms with Crippen LogP contribution in [0.2, 0.25) is 0 Å². The summed E-state index contributed by atoms with van der Waals surface area (Å²) in [6, 6.07) is 3.62. The zero-order valence-electron chi connectivity index (χ0n) is 10.6. The maximum Gasteiger partial charge on any atom is 0.391 e. The van der Waals surface area contributed by atoms with Gasteiger partial charge >= 0.3 is 6.18 Å². The van der Waals surface area contributed by atoms with Crippen LogP contribution in [0.15, 0.2) is 21.1 Å². The second-order valence-corrected chi connectivity index (χ2v) is 6.86. The van der Waals surface area contributed by atoms with Crippen molar-refractivity contribution in [1.82, 2.24) is 5.32 Å². The minimum absolute atomic E-state index is 0.0983. The van der Waals surface area contributed by atoms with Crippen molar-refractivity contribution in [2.45, 2.75) is 38.0 Å². The Balaban J connectivity index is 1.94. The number of nitrogens with one attached hydrogen (secondary N) is 1. The Kier molecular flexibility index (Phi) is 5.02. The average molecular weight is 416 g/mol. The predicted molar refractivity (Wildman–Crippen MR) is 80.3 cm³/mol. The third-order valence-corrected chi connectivity index (χ3v) is 4.77. The molecular weight excluding hydrogens is 401 g/mol. The van der Waals surface area contributed by atoms with Crippen molar-refractivity contribution in [3.05, 3.63) is 26.6 Å². The van der Waals surface area contributed by atoms with Crippen LogP contribution < -0.4 is 11.1 Å². The van der Waals surface area contributed by atoms with E-state index in [9.17, 15) is 13.2 Å². The number of hydrogen-bond donors (Lipinski definition) is 2. The van der Waals surface area contributed by atoms with Gasteiger partial charge in [0.15, 0.2) is 0 Å². The molecule has 2 nitrogen and oxygen atoms in total. The molecule has 7 heteroatoms. The van der Waals surface area contributed by atoms with Crippen LogP contribution in [-0.2, 0) is 6.54 Å². The van der Waals surface area contributed by atoms with Crippen molar-refractivity contribution < 1.29 is 13.2 Å². The van der Waals surface area contributed by atoms with Gasteiger partial charge in [-0.1, -0.05) is 15.9 Å². The summed E-state index contributed by atoms with van der Waals surface area (Å²) in [5.41, 5.74) is 7.44. The van der Waals surface area contributed by atoms with Crippen LogP contribution in [0.25, 0.3) is 0 Å². The van der Waals surface area contributed by atoms with E-state index in [4.69, 9.17) is 5.73 Å². The zero-order valence-corrected chi connectivity index (χ0v) is 13.8. The summed E-state index contributed by atoms with van der Waals surface area (Å²) in [5.74, 6) is -1.17. The number of alkyl halides is 3. The highest BCUT2D eigenvalue weighted by Crippen LogP contribution is 2.39. The van der Waals surface area contributed by atoms with Crippen molar-refractivity contribution in [2.24, 2.45) is 5.92 Å². The van der Waals surface area contributed by atoms with Crippen LogP contribution >= 0.6 is 31.9 Å². The Morgan fingerprint density at radius 3 is 2.55 bits per heavy atom. The molecule has 0 saturated heterocycles. The van der Waals surface area contributed by atoms with Crippen LogP contribution in [-0.4, -0.2) is 12.2 Å². The highest BCUT2D eigenvalue weighted by molar-refractivity contribution is 9.11. The van der Waals surface area contributed by atoms with Crippen molar-refractivity contribution in [2.75, 3.05) is 5.73 Å². The van der Waals surface area contributed by atoms with Gasteiger partial charge in [-0.05, 0) is 52.9 Å². The second-order valence-electron chi connectivity index (χ2n) is 5.09. The summed E-state index contributed by atoms with van der Waals surface area (Å²) in [4.78, 5) is 0. The lowest BCUT2D eigenvalue weighted by atomic mass is 10.1. The van der Waals surface area contributed by atoms with E-state index in [1.165, 1.54) is 0 Å². The molecule has 0 aromatic heterocycles. The summed E-state index contributed by atoms with van der Waals surface area (Å²) in [7, 11) is 0. The average Bonchev–Trinajstić information content (AvgIpc) is 2.80. The molecule has 2 rings (SSSR count). The highest BCUT2D eigenvalue weighted by atomic mass is 79.9. The van der Waals surface area contributed by atoms with Gasteiger partial charge in [-0.25, -0.2) is 0 Å². The van der Waals surface area contributed by atoms with Crippen LogP contribution in [0.5, 0.6) is 0 Å².